The van der Waals surface area contributed by atoms with Gasteiger partial charge in [0, 0.05) is 5.92 Å². The predicted octanol–water partition coefficient (Wildman–Crippen LogP) is 4.39. The Hall–Kier alpha value is -0.630. The Labute approximate surface area is 111 Å². The molecule has 0 aliphatic rings. The van der Waals surface area contributed by atoms with Crippen molar-refractivity contribution in [2.24, 2.45) is 11.8 Å². The van der Waals surface area contributed by atoms with Crippen molar-refractivity contribution in [1.82, 2.24) is 0 Å². The first-order valence-electron chi connectivity index (χ1n) is 6.38. The summed E-state index contributed by atoms with van der Waals surface area (Å²) in [5.41, 5.74) is 1.29. The lowest BCUT2D eigenvalue weighted by Crippen LogP contribution is -2.19. The molecule has 0 heterocycles. The van der Waals surface area contributed by atoms with E-state index in [4.69, 9.17) is 4.74 Å². The van der Waals surface area contributed by atoms with Gasteiger partial charge in [0.2, 0.25) is 0 Å². The second-order valence-electron chi connectivity index (χ2n) is 5.19. The summed E-state index contributed by atoms with van der Waals surface area (Å²) in [6.45, 7) is 9.59. The monoisotopic (exact) mass is 252 g/mol. The SMILES string of the molecule is CC(C)c1ccccc1OCC(CS)C(C)C. The number of hydrogen-bond donors (Lipinski definition) is 1. The normalized spacial score (nSPS) is 13.1. The van der Waals surface area contributed by atoms with Gasteiger partial charge in [-0.1, -0.05) is 45.9 Å². The Morgan fingerprint density at radius 1 is 1.12 bits per heavy atom. The molecule has 96 valence electrons. The summed E-state index contributed by atoms with van der Waals surface area (Å²) in [4.78, 5) is 0. The standard InChI is InChI=1S/C15H24OS/c1-11(2)13(10-17)9-16-15-8-6-5-7-14(15)12(3)4/h5-8,11-13,17H,9-10H2,1-4H3. The molecule has 0 spiro atoms. The molecule has 1 nitrogen and oxygen atoms in total. The zero-order valence-corrected chi connectivity index (χ0v) is 12.2. The molecule has 0 aromatic heterocycles. The number of ether oxygens (including phenoxy) is 1. The average molecular weight is 252 g/mol. The third kappa shape index (κ3) is 4.27. The van der Waals surface area contributed by atoms with Crippen LogP contribution >= 0.6 is 12.6 Å². The molecule has 0 radical (unpaired) electrons. The maximum absolute atomic E-state index is 5.96. The molecule has 1 aromatic rings. The van der Waals surface area contributed by atoms with Gasteiger partial charge in [0.25, 0.3) is 0 Å². The fraction of sp³-hybridized carbons (Fsp3) is 0.600. The van der Waals surface area contributed by atoms with Gasteiger partial charge in [0.1, 0.15) is 5.75 Å². The first-order chi connectivity index (χ1) is 8.06. The van der Waals surface area contributed by atoms with Gasteiger partial charge in [-0.3, -0.25) is 0 Å². The second-order valence-corrected chi connectivity index (χ2v) is 5.56. The first kappa shape index (κ1) is 14.4. The highest BCUT2D eigenvalue weighted by molar-refractivity contribution is 7.80. The quantitative estimate of drug-likeness (QED) is 0.739. The van der Waals surface area contributed by atoms with Crippen LogP contribution < -0.4 is 4.74 Å². The molecule has 0 aliphatic heterocycles. The van der Waals surface area contributed by atoms with E-state index in [1.54, 1.807) is 0 Å². The van der Waals surface area contributed by atoms with E-state index < -0.39 is 0 Å². The topological polar surface area (TPSA) is 9.23 Å². The second kappa shape index (κ2) is 6.95. The van der Waals surface area contributed by atoms with Gasteiger partial charge in [-0.15, -0.1) is 0 Å². The molecule has 0 bridgehead atoms. The molecule has 1 atom stereocenters. The third-order valence-electron chi connectivity index (χ3n) is 3.17. The van der Waals surface area contributed by atoms with Gasteiger partial charge in [-0.05, 0) is 29.2 Å². The highest BCUT2D eigenvalue weighted by Gasteiger charge is 2.14. The van der Waals surface area contributed by atoms with Crippen molar-refractivity contribution in [2.75, 3.05) is 12.4 Å². The molecule has 1 unspecified atom stereocenters. The van der Waals surface area contributed by atoms with Crippen LogP contribution in [0, 0.1) is 11.8 Å². The van der Waals surface area contributed by atoms with Gasteiger partial charge in [-0.25, -0.2) is 0 Å². The van der Waals surface area contributed by atoms with Crippen LogP contribution in [0.1, 0.15) is 39.2 Å². The Morgan fingerprint density at radius 2 is 1.76 bits per heavy atom. The maximum Gasteiger partial charge on any atom is 0.122 e. The molecule has 1 aromatic carbocycles. The molecular formula is C15H24OS. The van der Waals surface area contributed by atoms with E-state index in [-0.39, 0.29) is 0 Å². The molecule has 0 saturated heterocycles. The summed E-state index contributed by atoms with van der Waals surface area (Å²) < 4.78 is 5.96. The number of benzene rings is 1. The number of thiol groups is 1. The molecule has 1 rings (SSSR count). The highest BCUT2D eigenvalue weighted by Crippen LogP contribution is 2.26. The molecular weight excluding hydrogens is 228 g/mol. The number of para-hydroxylation sites is 1. The lowest BCUT2D eigenvalue weighted by Gasteiger charge is -2.21. The summed E-state index contributed by atoms with van der Waals surface area (Å²) >= 11 is 4.39. The molecule has 0 aliphatic carbocycles. The van der Waals surface area contributed by atoms with E-state index in [1.165, 1.54) is 5.56 Å². The van der Waals surface area contributed by atoms with E-state index in [2.05, 4.69) is 58.5 Å². The van der Waals surface area contributed by atoms with E-state index in [1.807, 2.05) is 6.07 Å². The summed E-state index contributed by atoms with van der Waals surface area (Å²) in [6.07, 6.45) is 0. The molecule has 17 heavy (non-hydrogen) atoms. The number of rotatable bonds is 6. The molecule has 0 saturated carbocycles. The van der Waals surface area contributed by atoms with Gasteiger partial charge in [0.15, 0.2) is 0 Å². The van der Waals surface area contributed by atoms with Crippen LogP contribution in [0.4, 0.5) is 0 Å². The van der Waals surface area contributed by atoms with Gasteiger partial charge >= 0.3 is 0 Å². The minimum Gasteiger partial charge on any atom is -0.493 e. The Morgan fingerprint density at radius 3 is 2.29 bits per heavy atom. The van der Waals surface area contributed by atoms with Crippen LogP contribution in [-0.2, 0) is 0 Å². The largest absolute Gasteiger partial charge is 0.493 e. The van der Waals surface area contributed by atoms with E-state index in [9.17, 15) is 0 Å². The predicted molar refractivity (Wildman–Crippen MR) is 78.2 cm³/mol. The van der Waals surface area contributed by atoms with Crippen LogP contribution in [0.25, 0.3) is 0 Å². The summed E-state index contributed by atoms with van der Waals surface area (Å²) in [5.74, 6) is 3.52. The Bertz CT molecular complexity index is 333. The zero-order valence-electron chi connectivity index (χ0n) is 11.3. The minimum absolute atomic E-state index is 0.500. The summed E-state index contributed by atoms with van der Waals surface area (Å²) in [7, 11) is 0. The van der Waals surface area contributed by atoms with Gasteiger partial charge < -0.3 is 4.74 Å². The van der Waals surface area contributed by atoms with Crippen molar-refractivity contribution in [2.45, 2.75) is 33.6 Å². The highest BCUT2D eigenvalue weighted by atomic mass is 32.1. The van der Waals surface area contributed by atoms with E-state index in [0.29, 0.717) is 17.8 Å². The Balaban J connectivity index is 2.68. The maximum atomic E-state index is 5.96. The van der Waals surface area contributed by atoms with Crippen molar-refractivity contribution in [3.05, 3.63) is 29.8 Å². The van der Waals surface area contributed by atoms with E-state index >= 15 is 0 Å². The minimum atomic E-state index is 0.500. The molecule has 0 fully saturated rings. The van der Waals surface area contributed by atoms with Gasteiger partial charge in [-0.2, -0.15) is 12.6 Å². The van der Waals surface area contributed by atoms with Gasteiger partial charge in [0.05, 0.1) is 6.61 Å². The summed E-state index contributed by atoms with van der Waals surface area (Å²) in [6, 6.07) is 8.31. The van der Waals surface area contributed by atoms with Crippen LogP contribution in [0.5, 0.6) is 5.75 Å². The van der Waals surface area contributed by atoms with Crippen molar-refractivity contribution in [1.29, 1.82) is 0 Å². The van der Waals surface area contributed by atoms with Crippen molar-refractivity contribution in [3.63, 3.8) is 0 Å². The van der Waals surface area contributed by atoms with Crippen LogP contribution in [0.3, 0.4) is 0 Å². The molecule has 0 N–H and O–H groups in total. The Kier molecular flexibility index (Phi) is 5.90. The molecule has 0 amide bonds. The number of hydrogen-bond acceptors (Lipinski definition) is 2. The first-order valence-corrected chi connectivity index (χ1v) is 7.02. The fourth-order valence-electron chi connectivity index (χ4n) is 1.74. The van der Waals surface area contributed by atoms with Crippen LogP contribution in [0.15, 0.2) is 24.3 Å². The smallest absolute Gasteiger partial charge is 0.122 e. The van der Waals surface area contributed by atoms with E-state index in [0.717, 1.165) is 18.1 Å². The van der Waals surface area contributed by atoms with Crippen molar-refractivity contribution in [3.8, 4) is 5.75 Å². The fourth-order valence-corrected chi connectivity index (χ4v) is 2.27. The van der Waals surface area contributed by atoms with Crippen molar-refractivity contribution < 1.29 is 4.74 Å². The lowest BCUT2D eigenvalue weighted by atomic mass is 9.98. The van der Waals surface area contributed by atoms with Crippen LogP contribution in [-0.4, -0.2) is 12.4 Å². The lowest BCUT2D eigenvalue weighted by molar-refractivity contribution is 0.225. The van der Waals surface area contributed by atoms with Crippen molar-refractivity contribution >= 4 is 12.6 Å². The third-order valence-corrected chi connectivity index (χ3v) is 3.64. The average Bonchev–Trinajstić information content (AvgIpc) is 2.29. The summed E-state index contributed by atoms with van der Waals surface area (Å²) in [5, 5.41) is 0. The zero-order chi connectivity index (χ0) is 12.8. The molecule has 2 heteroatoms. The van der Waals surface area contributed by atoms with Crippen LogP contribution in [0.2, 0.25) is 0 Å².